The van der Waals surface area contributed by atoms with Crippen LogP contribution >= 0.6 is 0 Å². The summed E-state index contributed by atoms with van der Waals surface area (Å²) in [4.78, 5) is 23.5. The van der Waals surface area contributed by atoms with E-state index in [1.165, 1.54) is 10.9 Å². The summed E-state index contributed by atoms with van der Waals surface area (Å²) < 4.78 is 0. The Labute approximate surface area is 147 Å². The molecule has 1 saturated heterocycles. The first-order valence-corrected chi connectivity index (χ1v) is 8.75. The quantitative estimate of drug-likeness (QED) is 0.736. The summed E-state index contributed by atoms with van der Waals surface area (Å²) in [6.45, 7) is 3.51. The Bertz CT molecular complexity index is 922. The maximum absolute atomic E-state index is 12.6. The van der Waals surface area contributed by atoms with Gasteiger partial charge in [-0.1, -0.05) is 24.3 Å². The summed E-state index contributed by atoms with van der Waals surface area (Å²) in [5, 5.41) is 1.18. The van der Waals surface area contributed by atoms with Crippen LogP contribution in [0.4, 0.5) is 0 Å². The van der Waals surface area contributed by atoms with Crippen molar-refractivity contribution in [1.29, 1.82) is 0 Å². The van der Waals surface area contributed by atoms with Crippen LogP contribution in [0.15, 0.2) is 54.7 Å². The highest BCUT2D eigenvalue weighted by Gasteiger charge is 2.27. The van der Waals surface area contributed by atoms with Gasteiger partial charge in [0, 0.05) is 30.4 Å². The largest absolute Gasteiger partial charge is 0.337 e. The van der Waals surface area contributed by atoms with Gasteiger partial charge in [0.15, 0.2) is 0 Å². The summed E-state index contributed by atoms with van der Waals surface area (Å²) >= 11 is 0. The van der Waals surface area contributed by atoms with Crippen molar-refractivity contribution in [2.24, 2.45) is 5.92 Å². The second-order valence-corrected chi connectivity index (χ2v) is 6.81. The lowest BCUT2D eigenvalue weighted by Gasteiger charge is -2.16. The van der Waals surface area contributed by atoms with E-state index < -0.39 is 0 Å². The number of likely N-dealkylation sites (tertiary alicyclic amines) is 1. The zero-order valence-electron chi connectivity index (χ0n) is 14.4. The van der Waals surface area contributed by atoms with E-state index in [4.69, 9.17) is 0 Å². The van der Waals surface area contributed by atoms with Crippen LogP contribution in [-0.4, -0.2) is 33.9 Å². The van der Waals surface area contributed by atoms with Crippen molar-refractivity contribution >= 4 is 16.8 Å². The van der Waals surface area contributed by atoms with Crippen molar-refractivity contribution in [2.45, 2.75) is 19.8 Å². The average Bonchev–Trinajstić information content (AvgIpc) is 3.09. The lowest BCUT2D eigenvalue weighted by molar-refractivity contribution is 0.0781. The van der Waals surface area contributed by atoms with E-state index in [2.05, 4.69) is 22.1 Å². The van der Waals surface area contributed by atoms with Crippen LogP contribution in [0.2, 0.25) is 0 Å². The Morgan fingerprint density at radius 3 is 2.96 bits per heavy atom. The number of nitrogens with zero attached hydrogens (tertiary/aromatic N) is 3. The summed E-state index contributed by atoms with van der Waals surface area (Å²) in [5.41, 5.74) is 3.70. The fourth-order valence-electron chi connectivity index (χ4n) is 3.57. The predicted octanol–water partition coefficient (Wildman–Crippen LogP) is 3.64. The molecule has 0 N–H and O–H groups in total. The van der Waals surface area contributed by atoms with Gasteiger partial charge in [-0.2, -0.15) is 0 Å². The van der Waals surface area contributed by atoms with Crippen molar-refractivity contribution in [2.75, 3.05) is 13.1 Å². The number of hydrogen-bond donors (Lipinski definition) is 0. The molecule has 0 unspecified atom stereocenters. The Hall–Kier alpha value is -2.75. The van der Waals surface area contributed by atoms with Gasteiger partial charge in [-0.3, -0.25) is 9.78 Å². The molecule has 1 fully saturated rings. The summed E-state index contributed by atoms with van der Waals surface area (Å²) in [6, 6.07) is 16.0. The average molecular weight is 331 g/mol. The van der Waals surface area contributed by atoms with Gasteiger partial charge in [0.2, 0.25) is 0 Å². The molecule has 4 heteroatoms. The number of carbonyl (C=O) groups is 1. The molecule has 0 spiro atoms. The van der Waals surface area contributed by atoms with E-state index in [-0.39, 0.29) is 5.91 Å². The molecular weight excluding hydrogens is 310 g/mol. The van der Waals surface area contributed by atoms with E-state index in [0.29, 0.717) is 11.6 Å². The second-order valence-electron chi connectivity index (χ2n) is 6.81. The lowest BCUT2D eigenvalue weighted by atomic mass is 9.99. The Morgan fingerprint density at radius 2 is 2.08 bits per heavy atom. The van der Waals surface area contributed by atoms with Gasteiger partial charge in [-0.15, -0.1) is 0 Å². The molecule has 0 saturated carbocycles. The topological polar surface area (TPSA) is 46.1 Å². The van der Waals surface area contributed by atoms with Crippen LogP contribution in [0.25, 0.3) is 10.9 Å². The van der Waals surface area contributed by atoms with Crippen molar-refractivity contribution in [3.63, 3.8) is 0 Å². The predicted molar refractivity (Wildman–Crippen MR) is 98.4 cm³/mol. The minimum absolute atomic E-state index is 0.0443. The van der Waals surface area contributed by atoms with Gasteiger partial charge >= 0.3 is 0 Å². The van der Waals surface area contributed by atoms with Gasteiger partial charge in [0.05, 0.1) is 5.52 Å². The smallest absolute Gasteiger partial charge is 0.272 e. The molecule has 25 heavy (non-hydrogen) atoms. The third-order valence-corrected chi connectivity index (χ3v) is 4.85. The van der Waals surface area contributed by atoms with Crippen molar-refractivity contribution in [3.05, 3.63) is 71.7 Å². The maximum atomic E-state index is 12.6. The molecule has 0 aliphatic carbocycles. The fraction of sp³-hybridized carbons (Fsp3) is 0.286. The van der Waals surface area contributed by atoms with E-state index in [1.54, 1.807) is 6.07 Å². The number of hydrogen-bond acceptors (Lipinski definition) is 3. The minimum atomic E-state index is 0.0443. The first kappa shape index (κ1) is 15.8. The fourth-order valence-corrected chi connectivity index (χ4v) is 3.57. The zero-order chi connectivity index (χ0) is 17.2. The highest BCUT2D eigenvalue weighted by atomic mass is 16.2. The number of fused-ring (bicyclic) bond motifs is 1. The highest BCUT2D eigenvalue weighted by molar-refractivity contribution is 5.92. The normalized spacial score (nSPS) is 17.2. The summed E-state index contributed by atoms with van der Waals surface area (Å²) in [5.74, 6) is 0.527. The van der Waals surface area contributed by atoms with Crippen molar-refractivity contribution in [1.82, 2.24) is 14.9 Å². The Kier molecular flexibility index (Phi) is 4.18. The van der Waals surface area contributed by atoms with Gasteiger partial charge in [-0.25, -0.2) is 4.98 Å². The lowest BCUT2D eigenvalue weighted by Crippen LogP contribution is -2.29. The van der Waals surface area contributed by atoms with Gasteiger partial charge in [-0.05, 0) is 55.5 Å². The third-order valence-electron chi connectivity index (χ3n) is 4.85. The Morgan fingerprint density at radius 1 is 1.20 bits per heavy atom. The monoisotopic (exact) mass is 331 g/mol. The van der Waals surface area contributed by atoms with Crippen LogP contribution in [0.5, 0.6) is 0 Å². The molecule has 0 bridgehead atoms. The van der Waals surface area contributed by atoms with E-state index in [1.807, 2.05) is 48.4 Å². The third kappa shape index (κ3) is 3.38. The van der Waals surface area contributed by atoms with E-state index in [9.17, 15) is 4.79 Å². The second kappa shape index (κ2) is 6.63. The number of aryl methyl sites for hydroxylation is 1. The first-order valence-electron chi connectivity index (χ1n) is 8.75. The summed E-state index contributed by atoms with van der Waals surface area (Å²) in [7, 11) is 0. The standard InChI is InChI=1S/C21H21N3O/c1-15-5-4-8-20(23-15)21(25)24-10-9-16(14-24)11-17-12-18-6-2-3-7-19(18)22-13-17/h2-8,12-13,16H,9-11,14H2,1H3/t16-/m1/s1. The zero-order valence-corrected chi connectivity index (χ0v) is 14.4. The van der Waals surface area contributed by atoms with Gasteiger partial charge < -0.3 is 4.90 Å². The molecule has 4 nitrogen and oxygen atoms in total. The molecule has 1 amide bonds. The van der Waals surface area contributed by atoms with E-state index in [0.717, 1.165) is 37.1 Å². The number of para-hydroxylation sites is 1. The molecular formula is C21H21N3O. The highest BCUT2D eigenvalue weighted by Crippen LogP contribution is 2.23. The number of pyridine rings is 2. The molecule has 1 aromatic carbocycles. The minimum Gasteiger partial charge on any atom is -0.337 e. The van der Waals surface area contributed by atoms with E-state index >= 15 is 0 Å². The molecule has 4 rings (SSSR count). The van der Waals surface area contributed by atoms with Crippen molar-refractivity contribution < 1.29 is 4.79 Å². The molecule has 126 valence electrons. The number of carbonyl (C=O) groups excluding carboxylic acids is 1. The Balaban J connectivity index is 1.44. The molecule has 1 aliphatic rings. The molecule has 3 aromatic rings. The maximum Gasteiger partial charge on any atom is 0.272 e. The number of aromatic nitrogens is 2. The van der Waals surface area contributed by atoms with Crippen LogP contribution in [0.1, 0.15) is 28.2 Å². The summed E-state index contributed by atoms with van der Waals surface area (Å²) in [6.07, 6.45) is 3.96. The SMILES string of the molecule is Cc1cccc(C(=O)N2CC[C@H](Cc3cnc4ccccc4c3)C2)n1. The van der Waals surface area contributed by atoms with Crippen LogP contribution in [0.3, 0.4) is 0 Å². The van der Waals surface area contributed by atoms with Crippen molar-refractivity contribution in [3.8, 4) is 0 Å². The van der Waals surface area contributed by atoms with Gasteiger partial charge in [0.25, 0.3) is 5.91 Å². The molecule has 0 radical (unpaired) electrons. The number of benzene rings is 1. The first-order chi connectivity index (χ1) is 12.2. The number of rotatable bonds is 3. The molecule has 3 heterocycles. The molecule has 2 aromatic heterocycles. The molecule has 1 aliphatic heterocycles. The van der Waals surface area contributed by atoms with Crippen LogP contribution in [-0.2, 0) is 6.42 Å². The molecule has 1 atom stereocenters. The van der Waals surface area contributed by atoms with Crippen LogP contribution < -0.4 is 0 Å². The van der Waals surface area contributed by atoms with Gasteiger partial charge in [0.1, 0.15) is 5.69 Å². The number of amides is 1. The van der Waals surface area contributed by atoms with Crippen LogP contribution in [0, 0.1) is 12.8 Å².